The van der Waals surface area contributed by atoms with E-state index in [-0.39, 0.29) is 12.0 Å². The van der Waals surface area contributed by atoms with E-state index in [0.717, 1.165) is 15.2 Å². The Kier molecular flexibility index (Phi) is 6.00. The lowest BCUT2D eigenvalue weighted by Gasteiger charge is -2.35. The SMILES string of the molecule is CC(C)OC(=O)N([C@H](C)c1nc2ccccc2s1)[C@H](C(N)=O)C(C)C. The zero-order valence-electron chi connectivity index (χ0n) is 15.2. The normalized spacial score (nSPS) is 13.9. The zero-order chi connectivity index (χ0) is 18.7. The van der Waals surface area contributed by atoms with Gasteiger partial charge in [-0.25, -0.2) is 9.78 Å². The van der Waals surface area contributed by atoms with Crippen molar-refractivity contribution in [2.24, 2.45) is 11.7 Å². The summed E-state index contributed by atoms with van der Waals surface area (Å²) in [5, 5.41) is 0.744. The van der Waals surface area contributed by atoms with Crippen molar-refractivity contribution in [2.45, 2.75) is 52.8 Å². The van der Waals surface area contributed by atoms with Crippen LogP contribution in [0.4, 0.5) is 4.79 Å². The molecule has 1 aromatic carbocycles. The predicted octanol–water partition coefficient (Wildman–Crippen LogP) is 3.71. The van der Waals surface area contributed by atoms with Crippen LogP contribution in [0.5, 0.6) is 0 Å². The standard InChI is InChI=1S/C18H25N3O3S/c1-10(2)15(16(19)22)21(18(23)24-11(3)4)12(5)17-20-13-8-6-7-9-14(13)25-17/h6-12,15H,1-5H3,(H2,19,22)/t12-,15+/m1/s1. The topological polar surface area (TPSA) is 85.5 Å². The molecule has 1 heterocycles. The molecule has 6 nitrogen and oxygen atoms in total. The van der Waals surface area contributed by atoms with Gasteiger partial charge in [-0.3, -0.25) is 9.69 Å². The number of hydrogen-bond acceptors (Lipinski definition) is 5. The summed E-state index contributed by atoms with van der Waals surface area (Å²) in [5.41, 5.74) is 6.46. The lowest BCUT2D eigenvalue weighted by Crippen LogP contribution is -2.52. The van der Waals surface area contributed by atoms with Crippen LogP contribution in [-0.4, -0.2) is 34.0 Å². The number of primary amides is 1. The van der Waals surface area contributed by atoms with Gasteiger partial charge in [0.15, 0.2) is 0 Å². The number of aromatic nitrogens is 1. The number of nitrogens with two attached hydrogens (primary N) is 1. The Morgan fingerprint density at radius 2 is 1.80 bits per heavy atom. The van der Waals surface area contributed by atoms with Gasteiger partial charge < -0.3 is 10.5 Å². The maximum Gasteiger partial charge on any atom is 0.411 e. The van der Waals surface area contributed by atoms with E-state index in [1.54, 1.807) is 13.8 Å². The van der Waals surface area contributed by atoms with Gasteiger partial charge in [-0.15, -0.1) is 11.3 Å². The number of rotatable bonds is 6. The average Bonchev–Trinajstić information content (AvgIpc) is 2.94. The summed E-state index contributed by atoms with van der Waals surface area (Å²) < 4.78 is 6.40. The number of hydrogen-bond donors (Lipinski definition) is 1. The van der Waals surface area contributed by atoms with Crippen molar-refractivity contribution in [3.05, 3.63) is 29.3 Å². The molecule has 0 aliphatic rings. The van der Waals surface area contributed by atoms with E-state index in [1.165, 1.54) is 16.2 Å². The molecule has 0 bridgehead atoms. The molecular formula is C18H25N3O3S. The van der Waals surface area contributed by atoms with E-state index in [9.17, 15) is 9.59 Å². The molecule has 2 atom stereocenters. The van der Waals surface area contributed by atoms with E-state index < -0.39 is 24.1 Å². The van der Waals surface area contributed by atoms with Crippen LogP contribution in [0.15, 0.2) is 24.3 Å². The van der Waals surface area contributed by atoms with Crippen LogP contribution in [0.1, 0.15) is 45.7 Å². The Labute approximate surface area is 152 Å². The van der Waals surface area contributed by atoms with Gasteiger partial charge in [0.2, 0.25) is 5.91 Å². The van der Waals surface area contributed by atoms with Crippen LogP contribution in [0, 0.1) is 5.92 Å². The maximum atomic E-state index is 12.7. The molecule has 136 valence electrons. The molecule has 0 saturated heterocycles. The van der Waals surface area contributed by atoms with Crippen molar-refractivity contribution in [1.29, 1.82) is 0 Å². The molecule has 25 heavy (non-hydrogen) atoms. The Hall–Kier alpha value is -2.15. The highest BCUT2D eigenvalue weighted by Crippen LogP contribution is 2.32. The molecule has 1 aromatic heterocycles. The molecule has 0 fully saturated rings. The largest absolute Gasteiger partial charge is 0.447 e. The number of carbonyl (C=O) groups excluding carboxylic acids is 2. The smallest absolute Gasteiger partial charge is 0.411 e. The highest BCUT2D eigenvalue weighted by molar-refractivity contribution is 7.18. The van der Waals surface area contributed by atoms with Gasteiger partial charge in [0, 0.05) is 0 Å². The molecule has 0 spiro atoms. The first-order chi connectivity index (χ1) is 11.7. The number of thiazole rings is 1. The molecule has 0 aliphatic heterocycles. The van der Waals surface area contributed by atoms with Crippen LogP contribution >= 0.6 is 11.3 Å². The second-order valence-electron chi connectivity index (χ2n) is 6.63. The van der Waals surface area contributed by atoms with E-state index >= 15 is 0 Å². The van der Waals surface area contributed by atoms with Crippen molar-refractivity contribution < 1.29 is 14.3 Å². The third-order valence-corrected chi connectivity index (χ3v) is 5.06. The lowest BCUT2D eigenvalue weighted by atomic mass is 10.0. The molecule has 2 rings (SSSR count). The van der Waals surface area contributed by atoms with Gasteiger partial charge in [-0.05, 0) is 38.8 Å². The molecule has 0 radical (unpaired) electrons. The van der Waals surface area contributed by atoms with Crippen molar-refractivity contribution in [2.75, 3.05) is 0 Å². The van der Waals surface area contributed by atoms with E-state index in [4.69, 9.17) is 10.5 Å². The van der Waals surface area contributed by atoms with Gasteiger partial charge in [-0.2, -0.15) is 0 Å². The minimum Gasteiger partial charge on any atom is -0.447 e. The molecule has 2 amide bonds. The van der Waals surface area contributed by atoms with Crippen molar-refractivity contribution in [3.8, 4) is 0 Å². The maximum absolute atomic E-state index is 12.7. The van der Waals surface area contributed by atoms with Gasteiger partial charge in [0.05, 0.1) is 22.4 Å². The van der Waals surface area contributed by atoms with Crippen molar-refractivity contribution in [3.63, 3.8) is 0 Å². The predicted molar refractivity (Wildman–Crippen MR) is 99.3 cm³/mol. The molecule has 0 unspecified atom stereocenters. The first kappa shape index (κ1) is 19.2. The number of fused-ring (bicyclic) bond motifs is 1. The van der Waals surface area contributed by atoms with Gasteiger partial charge in [0.25, 0.3) is 0 Å². The zero-order valence-corrected chi connectivity index (χ0v) is 16.0. The van der Waals surface area contributed by atoms with Crippen LogP contribution in [-0.2, 0) is 9.53 Å². The van der Waals surface area contributed by atoms with Crippen LogP contribution < -0.4 is 5.73 Å². The summed E-state index contributed by atoms with van der Waals surface area (Å²) in [5.74, 6) is -0.697. The number of benzene rings is 1. The third kappa shape index (κ3) is 4.28. The third-order valence-electron chi connectivity index (χ3n) is 3.86. The van der Waals surface area contributed by atoms with E-state index in [1.807, 2.05) is 45.0 Å². The van der Waals surface area contributed by atoms with Gasteiger partial charge >= 0.3 is 6.09 Å². The Bertz CT molecular complexity index is 724. The monoisotopic (exact) mass is 363 g/mol. The number of amides is 2. The fourth-order valence-corrected chi connectivity index (χ4v) is 3.77. The Morgan fingerprint density at radius 1 is 1.16 bits per heavy atom. The average molecular weight is 363 g/mol. The summed E-state index contributed by atoms with van der Waals surface area (Å²) in [7, 11) is 0. The lowest BCUT2D eigenvalue weighted by molar-refractivity contribution is -0.125. The van der Waals surface area contributed by atoms with Gasteiger partial charge in [-0.1, -0.05) is 26.0 Å². The molecule has 7 heteroatoms. The molecule has 0 aliphatic carbocycles. The Balaban J connectivity index is 2.45. The fourth-order valence-electron chi connectivity index (χ4n) is 2.75. The summed E-state index contributed by atoms with van der Waals surface area (Å²) in [6.45, 7) is 9.10. The van der Waals surface area contributed by atoms with Gasteiger partial charge in [0.1, 0.15) is 11.0 Å². The first-order valence-corrected chi connectivity index (χ1v) is 9.17. The minimum atomic E-state index is -0.770. The number of ether oxygens (including phenoxy) is 1. The van der Waals surface area contributed by atoms with E-state index in [0.29, 0.717) is 0 Å². The molecule has 2 aromatic rings. The quantitative estimate of drug-likeness (QED) is 0.847. The number of nitrogens with zero attached hydrogens (tertiary/aromatic N) is 2. The number of para-hydroxylation sites is 1. The highest BCUT2D eigenvalue weighted by atomic mass is 32.1. The second kappa shape index (κ2) is 7.82. The highest BCUT2D eigenvalue weighted by Gasteiger charge is 2.37. The van der Waals surface area contributed by atoms with Crippen molar-refractivity contribution >= 4 is 33.6 Å². The van der Waals surface area contributed by atoms with Crippen LogP contribution in [0.2, 0.25) is 0 Å². The van der Waals surface area contributed by atoms with Crippen LogP contribution in [0.3, 0.4) is 0 Å². The molecular weight excluding hydrogens is 338 g/mol. The van der Waals surface area contributed by atoms with Crippen molar-refractivity contribution in [1.82, 2.24) is 9.88 Å². The first-order valence-electron chi connectivity index (χ1n) is 8.36. The second-order valence-corrected chi connectivity index (χ2v) is 7.69. The fraction of sp³-hybridized carbons (Fsp3) is 0.500. The summed E-state index contributed by atoms with van der Waals surface area (Å²) >= 11 is 1.50. The summed E-state index contributed by atoms with van der Waals surface area (Å²) in [4.78, 5) is 30.8. The summed E-state index contributed by atoms with van der Waals surface area (Å²) in [6, 6.07) is 6.57. The molecule has 2 N–H and O–H groups in total. The summed E-state index contributed by atoms with van der Waals surface area (Å²) in [6.07, 6.45) is -0.850. The van der Waals surface area contributed by atoms with Crippen LogP contribution in [0.25, 0.3) is 10.2 Å². The molecule has 0 saturated carbocycles. The Morgan fingerprint density at radius 3 is 2.32 bits per heavy atom. The minimum absolute atomic E-state index is 0.144. The van der Waals surface area contributed by atoms with E-state index in [2.05, 4.69) is 4.98 Å². The number of carbonyl (C=O) groups is 2.